The lowest BCUT2D eigenvalue weighted by Gasteiger charge is -2.12. The van der Waals surface area contributed by atoms with Gasteiger partial charge >= 0.3 is 0 Å². The average molecular weight is 269 g/mol. The third-order valence-corrected chi connectivity index (χ3v) is 3.88. The van der Waals surface area contributed by atoms with Crippen molar-refractivity contribution in [3.05, 3.63) is 22.4 Å². The molecule has 0 unspecified atom stereocenters. The molecule has 0 bridgehead atoms. The van der Waals surface area contributed by atoms with E-state index >= 15 is 0 Å². The van der Waals surface area contributed by atoms with E-state index in [4.69, 9.17) is 9.84 Å². The summed E-state index contributed by atoms with van der Waals surface area (Å²) in [4.78, 5) is 11.6. The fourth-order valence-corrected chi connectivity index (χ4v) is 2.78. The van der Waals surface area contributed by atoms with Gasteiger partial charge in [0, 0.05) is 13.0 Å². The first kappa shape index (κ1) is 13.5. The number of hydrogen-bond donors (Lipinski definition) is 2. The Hall–Kier alpha value is -0.910. The molecule has 18 heavy (non-hydrogen) atoms. The van der Waals surface area contributed by atoms with E-state index in [1.807, 2.05) is 11.4 Å². The Morgan fingerprint density at radius 1 is 1.50 bits per heavy atom. The van der Waals surface area contributed by atoms with Gasteiger partial charge in [-0.15, -0.1) is 0 Å². The lowest BCUT2D eigenvalue weighted by atomic mass is 10.2. The number of aliphatic hydroxyl groups is 1. The van der Waals surface area contributed by atoms with Crippen molar-refractivity contribution < 1.29 is 14.6 Å². The van der Waals surface area contributed by atoms with Crippen LogP contribution in [0.1, 0.15) is 24.8 Å². The molecule has 2 N–H and O–H groups in total. The number of ether oxygens (including phenoxy) is 1. The van der Waals surface area contributed by atoms with Gasteiger partial charge in [0.15, 0.2) is 0 Å². The van der Waals surface area contributed by atoms with Crippen LogP contribution in [0.5, 0.6) is 0 Å². The van der Waals surface area contributed by atoms with E-state index < -0.39 is 0 Å². The molecule has 0 spiro atoms. The SMILES string of the molecule is O=C(CCc1ccsc1)NC[C@H]1CC[C@@H](CO)O1. The summed E-state index contributed by atoms with van der Waals surface area (Å²) in [5.74, 6) is 0.0669. The van der Waals surface area contributed by atoms with Crippen LogP contribution < -0.4 is 5.32 Å². The van der Waals surface area contributed by atoms with E-state index in [1.165, 1.54) is 5.56 Å². The number of carbonyl (C=O) groups is 1. The number of aryl methyl sites for hydroxylation is 1. The maximum Gasteiger partial charge on any atom is 0.220 e. The topological polar surface area (TPSA) is 58.6 Å². The third kappa shape index (κ3) is 4.08. The summed E-state index contributed by atoms with van der Waals surface area (Å²) < 4.78 is 5.55. The summed E-state index contributed by atoms with van der Waals surface area (Å²) in [6, 6.07) is 2.05. The molecule has 1 aromatic heterocycles. The van der Waals surface area contributed by atoms with Crippen LogP contribution in [0.2, 0.25) is 0 Å². The van der Waals surface area contributed by atoms with Gasteiger partial charge in [0.2, 0.25) is 5.91 Å². The van der Waals surface area contributed by atoms with Gasteiger partial charge < -0.3 is 15.2 Å². The third-order valence-electron chi connectivity index (χ3n) is 3.15. The van der Waals surface area contributed by atoms with Crippen LogP contribution >= 0.6 is 11.3 Å². The quantitative estimate of drug-likeness (QED) is 0.819. The summed E-state index contributed by atoms with van der Waals surface area (Å²) in [5, 5.41) is 15.9. The first-order valence-electron chi connectivity index (χ1n) is 6.32. The van der Waals surface area contributed by atoms with Gasteiger partial charge in [-0.2, -0.15) is 11.3 Å². The highest BCUT2D eigenvalue weighted by Gasteiger charge is 2.24. The molecule has 0 radical (unpaired) electrons. The van der Waals surface area contributed by atoms with Gasteiger partial charge in [-0.1, -0.05) is 0 Å². The van der Waals surface area contributed by atoms with E-state index in [9.17, 15) is 4.79 Å². The fraction of sp³-hybridized carbons (Fsp3) is 0.615. The van der Waals surface area contributed by atoms with E-state index in [2.05, 4.69) is 10.7 Å². The van der Waals surface area contributed by atoms with Crippen LogP contribution in [-0.2, 0) is 16.0 Å². The molecule has 1 fully saturated rings. The smallest absolute Gasteiger partial charge is 0.220 e. The molecule has 1 amide bonds. The number of rotatable bonds is 6. The van der Waals surface area contributed by atoms with Crippen LogP contribution in [-0.4, -0.2) is 36.4 Å². The zero-order valence-corrected chi connectivity index (χ0v) is 11.1. The highest BCUT2D eigenvalue weighted by Crippen LogP contribution is 2.18. The molecule has 2 heterocycles. The molecule has 4 nitrogen and oxygen atoms in total. The molecule has 1 aromatic rings. The Morgan fingerprint density at radius 2 is 2.33 bits per heavy atom. The molecule has 0 aliphatic carbocycles. The first-order valence-corrected chi connectivity index (χ1v) is 7.26. The highest BCUT2D eigenvalue weighted by molar-refractivity contribution is 7.07. The van der Waals surface area contributed by atoms with Crippen molar-refractivity contribution in [2.75, 3.05) is 13.2 Å². The Morgan fingerprint density at radius 3 is 3.00 bits per heavy atom. The summed E-state index contributed by atoms with van der Waals surface area (Å²) in [6.07, 6.45) is 3.12. The van der Waals surface area contributed by atoms with Crippen LogP contribution in [0.4, 0.5) is 0 Å². The fourth-order valence-electron chi connectivity index (χ4n) is 2.07. The molecule has 1 aliphatic heterocycles. The van der Waals surface area contributed by atoms with E-state index in [1.54, 1.807) is 11.3 Å². The predicted molar refractivity (Wildman–Crippen MR) is 70.6 cm³/mol. The van der Waals surface area contributed by atoms with Gasteiger partial charge in [-0.25, -0.2) is 0 Å². The average Bonchev–Trinajstić information content (AvgIpc) is 3.04. The van der Waals surface area contributed by atoms with Gasteiger partial charge in [-0.3, -0.25) is 4.79 Å². The number of thiophene rings is 1. The standard InChI is InChI=1S/C13H19NO3S/c15-8-12-3-2-11(17-12)7-14-13(16)4-1-10-5-6-18-9-10/h5-6,9,11-12,15H,1-4,7-8H2,(H,14,16)/t11-,12+/m1/s1. The second-order valence-electron chi connectivity index (χ2n) is 4.58. The number of carbonyl (C=O) groups excluding carboxylic acids is 1. The minimum Gasteiger partial charge on any atom is -0.394 e. The monoisotopic (exact) mass is 269 g/mol. The largest absolute Gasteiger partial charge is 0.394 e. The zero-order valence-electron chi connectivity index (χ0n) is 10.3. The molecule has 2 rings (SSSR count). The summed E-state index contributed by atoms with van der Waals surface area (Å²) in [5.41, 5.74) is 1.22. The molecular formula is C13H19NO3S. The summed E-state index contributed by atoms with van der Waals surface area (Å²) >= 11 is 1.65. The van der Waals surface area contributed by atoms with Gasteiger partial charge in [-0.05, 0) is 41.7 Å². The second kappa shape index (κ2) is 6.87. The lowest BCUT2D eigenvalue weighted by molar-refractivity contribution is -0.121. The van der Waals surface area contributed by atoms with E-state index in [-0.39, 0.29) is 24.7 Å². The number of amides is 1. The predicted octanol–water partition coefficient (Wildman–Crippen LogP) is 1.34. The Bertz CT molecular complexity index is 366. The van der Waals surface area contributed by atoms with Crippen molar-refractivity contribution in [1.29, 1.82) is 0 Å². The molecule has 2 atom stereocenters. The van der Waals surface area contributed by atoms with Crippen molar-refractivity contribution in [2.24, 2.45) is 0 Å². The number of aliphatic hydroxyl groups excluding tert-OH is 1. The van der Waals surface area contributed by atoms with Crippen molar-refractivity contribution >= 4 is 17.2 Å². The Kier molecular flexibility index (Phi) is 5.16. The zero-order chi connectivity index (χ0) is 12.8. The van der Waals surface area contributed by atoms with Crippen LogP contribution in [0.25, 0.3) is 0 Å². The van der Waals surface area contributed by atoms with Crippen LogP contribution in [0.15, 0.2) is 16.8 Å². The molecule has 5 heteroatoms. The molecule has 0 saturated carbocycles. The van der Waals surface area contributed by atoms with Crippen molar-refractivity contribution in [1.82, 2.24) is 5.32 Å². The Balaban J connectivity index is 1.60. The maximum atomic E-state index is 11.6. The van der Waals surface area contributed by atoms with Gasteiger partial charge in [0.05, 0.1) is 18.8 Å². The maximum absolute atomic E-state index is 11.6. The summed E-state index contributed by atoms with van der Waals surface area (Å²) in [7, 11) is 0. The minimum absolute atomic E-state index is 0.0438. The van der Waals surface area contributed by atoms with Gasteiger partial charge in [0.25, 0.3) is 0 Å². The molecule has 0 aromatic carbocycles. The Labute approximate surface area is 111 Å². The highest BCUT2D eigenvalue weighted by atomic mass is 32.1. The van der Waals surface area contributed by atoms with Crippen LogP contribution in [0.3, 0.4) is 0 Å². The van der Waals surface area contributed by atoms with Gasteiger partial charge in [0.1, 0.15) is 0 Å². The van der Waals surface area contributed by atoms with E-state index in [0.717, 1.165) is 19.3 Å². The number of hydrogen-bond acceptors (Lipinski definition) is 4. The normalized spacial score (nSPS) is 23.2. The van der Waals surface area contributed by atoms with E-state index in [0.29, 0.717) is 13.0 Å². The van der Waals surface area contributed by atoms with Crippen molar-refractivity contribution in [3.63, 3.8) is 0 Å². The summed E-state index contributed by atoms with van der Waals surface area (Å²) in [6.45, 7) is 0.627. The first-order chi connectivity index (χ1) is 8.78. The number of nitrogens with one attached hydrogen (secondary N) is 1. The molecule has 100 valence electrons. The molecule has 1 aliphatic rings. The molecule has 1 saturated heterocycles. The van der Waals surface area contributed by atoms with Crippen molar-refractivity contribution in [3.8, 4) is 0 Å². The molecular weight excluding hydrogens is 250 g/mol. The lowest BCUT2D eigenvalue weighted by Crippen LogP contribution is -2.32. The minimum atomic E-state index is -0.0438. The van der Waals surface area contributed by atoms with Crippen molar-refractivity contribution in [2.45, 2.75) is 37.9 Å². The van der Waals surface area contributed by atoms with Crippen LogP contribution in [0, 0.1) is 0 Å². The second-order valence-corrected chi connectivity index (χ2v) is 5.36.